The molecule has 122 valence electrons. The van der Waals surface area contributed by atoms with Crippen LogP contribution in [0.3, 0.4) is 0 Å². The summed E-state index contributed by atoms with van der Waals surface area (Å²) in [6.07, 6.45) is 2.77. The lowest BCUT2D eigenvalue weighted by atomic mass is 10.0. The van der Waals surface area contributed by atoms with Crippen LogP contribution in [-0.2, 0) is 4.79 Å². The van der Waals surface area contributed by atoms with Crippen LogP contribution in [0, 0.1) is 6.92 Å². The molecule has 1 aromatic carbocycles. The molecule has 0 aliphatic rings. The molecule has 0 atom stereocenters. The van der Waals surface area contributed by atoms with E-state index in [4.69, 9.17) is 0 Å². The van der Waals surface area contributed by atoms with E-state index >= 15 is 0 Å². The molecule has 0 saturated carbocycles. The molecule has 0 radical (unpaired) electrons. The Morgan fingerprint density at radius 1 is 1.22 bits per heavy atom. The molecule has 23 heavy (non-hydrogen) atoms. The molecule has 0 saturated heterocycles. The topological polar surface area (TPSA) is 62.3 Å². The van der Waals surface area contributed by atoms with Gasteiger partial charge in [0.05, 0.1) is 0 Å². The van der Waals surface area contributed by atoms with Crippen molar-refractivity contribution < 1.29 is 9.59 Å². The Labute approximate surface area is 136 Å². The summed E-state index contributed by atoms with van der Waals surface area (Å²) >= 11 is 0. The summed E-state index contributed by atoms with van der Waals surface area (Å²) in [7, 11) is 0. The van der Waals surface area contributed by atoms with Crippen LogP contribution in [0.25, 0.3) is 10.8 Å². The molecule has 1 N–H and O–H groups in total. The predicted molar refractivity (Wildman–Crippen MR) is 93.1 cm³/mol. The third kappa shape index (κ3) is 3.50. The van der Waals surface area contributed by atoms with Crippen molar-refractivity contribution >= 4 is 28.7 Å². The first-order valence-corrected chi connectivity index (χ1v) is 7.99. The van der Waals surface area contributed by atoms with Gasteiger partial charge in [0.2, 0.25) is 0 Å². The number of fused-ring (bicyclic) bond motifs is 1. The summed E-state index contributed by atoms with van der Waals surface area (Å²) in [4.78, 5) is 29.3. The second kappa shape index (κ2) is 7.72. The number of aromatic nitrogens is 1. The lowest BCUT2D eigenvalue weighted by molar-refractivity contribution is -0.107. The van der Waals surface area contributed by atoms with Crippen LogP contribution in [0.4, 0.5) is 5.69 Å². The molecule has 1 aromatic heterocycles. The smallest absolute Gasteiger partial charge is 0.270 e. The average molecular weight is 313 g/mol. The van der Waals surface area contributed by atoms with Crippen LogP contribution in [0.2, 0.25) is 0 Å². The Bertz CT molecular complexity index is 709. The Hall–Kier alpha value is -2.43. The average Bonchev–Trinajstić information content (AvgIpc) is 2.57. The quantitative estimate of drug-likeness (QED) is 0.630. The first-order valence-electron chi connectivity index (χ1n) is 7.99. The van der Waals surface area contributed by atoms with Gasteiger partial charge in [-0.05, 0) is 32.4 Å². The standard InChI is InChI=1S/C18H23N3O2/c1-4-21(5-2)17-13(3)7-8-14-15(17)9-11-19-16(14)18(23)20-10-6-12-22/h7-9,11-12H,4-6,10H2,1-3H3,(H,20,23). The minimum Gasteiger partial charge on any atom is -0.371 e. The summed E-state index contributed by atoms with van der Waals surface area (Å²) < 4.78 is 0. The van der Waals surface area contributed by atoms with Crippen LogP contribution in [0.15, 0.2) is 24.4 Å². The van der Waals surface area contributed by atoms with Crippen LogP contribution in [0.1, 0.15) is 36.3 Å². The zero-order valence-corrected chi connectivity index (χ0v) is 13.9. The molecule has 0 unspecified atom stereocenters. The van der Waals surface area contributed by atoms with Gasteiger partial charge < -0.3 is 15.0 Å². The minimum absolute atomic E-state index is 0.244. The molecule has 1 amide bonds. The second-order valence-electron chi connectivity index (χ2n) is 5.37. The van der Waals surface area contributed by atoms with Gasteiger partial charge in [-0.1, -0.05) is 12.1 Å². The zero-order valence-electron chi connectivity index (χ0n) is 13.9. The number of rotatable bonds is 7. The van der Waals surface area contributed by atoms with E-state index in [2.05, 4.69) is 36.0 Å². The summed E-state index contributed by atoms with van der Waals surface area (Å²) in [6, 6.07) is 5.93. The van der Waals surface area contributed by atoms with Gasteiger partial charge in [-0.2, -0.15) is 0 Å². The Balaban J connectivity index is 2.51. The molecule has 0 aliphatic heterocycles. The molecule has 0 aliphatic carbocycles. The number of benzene rings is 1. The third-order valence-corrected chi connectivity index (χ3v) is 3.96. The number of aldehydes is 1. The SMILES string of the molecule is CCN(CC)c1c(C)ccc2c(C(=O)NCCC=O)nccc12. The molecule has 2 rings (SSSR count). The number of carbonyl (C=O) groups is 2. The molecular formula is C18H23N3O2. The lowest BCUT2D eigenvalue weighted by Gasteiger charge is -2.25. The number of nitrogens with zero attached hydrogens (tertiary/aromatic N) is 2. The van der Waals surface area contributed by atoms with Crippen molar-refractivity contribution in [3.05, 3.63) is 35.7 Å². The number of hydrogen-bond acceptors (Lipinski definition) is 4. The Morgan fingerprint density at radius 2 is 1.96 bits per heavy atom. The molecule has 2 aromatic rings. The van der Waals surface area contributed by atoms with E-state index in [-0.39, 0.29) is 5.91 Å². The molecule has 1 heterocycles. The summed E-state index contributed by atoms with van der Waals surface area (Å²) in [5.74, 6) is -0.244. The van der Waals surface area contributed by atoms with Gasteiger partial charge >= 0.3 is 0 Å². The van der Waals surface area contributed by atoms with Crippen LogP contribution < -0.4 is 10.2 Å². The number of pyridine rings is 1. The maximum atomic E-state index is 12.3. The predicted octanol–water partition coefficient (Wildman–Crippen LogP) is 2.71. The van der Waals surface area contributed by atoms with Gasteiger partial charge in [0.15, 0.2) is 0 Å². The lowest BCUT2D eigenvalue weighted by Crippen LogP contribution is -2.26. The van der Waals surface area contributed by atoms with E-state index in [0.717, 1.165) is 35.8 Å². The first kappa shape index (κ1) is 16.9. The van der Waals surface area contributed by atoms with Gasteiger partial charge in [-0.15, -0.1) is 0 Å². The van der Waals surface area contributed by atoms with Crippen molar-refractivity contribution in [1.29, 1.82) is 0 Å². The van der Waals surface area contributed by atoms with E-state index < -0.39 is 0 Å². The second-order valence-corrected chi connectivity index (χ2v) is 5.37. The van der Waals surface area contributed by atoms with E-state index in [1.165, 1.54) is 5.56 Å². The van der Waals surface area contributed by atoms with E-state index in [1.807, 2.05) is 18.2 Å². The fraction of sp³-hybridized carbons (Fsp3) is 0.389. The number of nitrogens with one attached hydrogen (secondary N) is 1. The van der Waals surface area contributed by atoms with E-state index in [9.17, 15) is 9.59 Å². The summed E-state index contributed by atoms with van der Waals surface area (Å²) in [5.41, 5.74) is 2.73. The Morgan fingerprint density at radius 3 is 2.61 bits per heavy atom. The Kier molecular flexibility index (Phi) is 5.68. The summed E-state index contributed by atoms with van der Waals surface area (Å²) in [6.45, 7) is 8.46. The van der Waals surface area contributed by atoms with Crippen molar-refractivity contribution in [3.63, 3.8) is 0 Å². The fourth-order valence-electron chi connectivity index (χ4n) is 2.82. The maximum Gasteiger partial charge on any atom is 0.270 e. The normalized spacial score (nSPS) is 10.6. The summed E-state index contributed by atoms with van der Waals surface area (Å²) in [5, 5.41) is 4.61. The van der Waals surface area contributed by atoms with Crippen molar-refractivity contribution in [1.82, 2.24) is 10.3 Å². The highest BCUT2D eigenvalue weighted by molar-refractivity contribution is 6.08. The molecule has 5 heteroatoms. The highest BCUT2D eigenvalue weighted by Gasteiger charge is 2.16. The number of amides is 1. The van der Waals surface area contributed by atoms with Gasteiger partial charge in [0, 0.05) is 48.7 Å². The van der Waals surface area contributed by atoms with Crippen LogP contribution in [-0.4, -0.2) is 36.8 Å². The van der Waals surface area contributed by atoms with Gasteiger partial charge in [-0.3, -0.25) is 9.78 Å². The van der Waals surface area contributed by atoms with Crippen molar-refractivity contribution in [3.8, 4) is 0 Å². The van der Waals surface area contributed by atoms with Crippen molar-refractivity contribution in [2.45, 2.75) is 27.2 Å². The largest absolute Gasteiger partial charge is 0.371 e. The van der Waals surface area contributed by atoms with Gasteiger partial charge in [0.25, 0.3) is 5.91 Å². The van der Waals surface area contributed by atoms with E-state index in [0.29, 0.717) is 18.7 Å². The number of hydrogen-bond donors (Lipinski definition) is 1. The molecular weight excluding hydrogens is 290 g/mol. The number of carbonyl (C=O) groups excluding carboxylic acids is 2. The third-order valence-electron chi connectivity index (χ3n) is 3.96. The molecule has 0 fully saturated rings. The van der Waals surface area contributed by atoms with Gasteiger partial charge in [-0.25, -0.2) is 0 Å². The molecule has 0 bridgehead atoms. The highest BCUT2D eigenvalue weighted by atomic mass is 16.2. The van der Waals surface area contributed by atoms with Crippen molar-refractivity contribution in [2.24, 2.45) is 0 Å². The van der Waals surface area contributed by atoms with Crippen LogP contribution >= 0.6 is 0 Å². The van der Waals surface area contributed by atoms with E-state index in [1.54, 1.807) is 6.20 Å². The zero-order chi connectivity index (χ0) is 16.8. The highest BCUT2D eigenvalue weighted by Crippen LogP contribution is 2.31. The molecule has 0 spiro atoms. The first-order chi connectivity index (χ1) is 11.1. The minimum atomic E-state index is -0.244. The van der Waals surface area contributed by atoms with Crippen molar-refractivity contribution in [2.75, 3.05) is 24.5 Å². The van der Waals surface area contributed by atoms with Gasteiger partial charge in [0.1, 0.15) is 12.0 Å². The number of anilines is 1. The fourth-order valence-corrected chi connectivity index (χ4v) is 2.82. The monoisotopic (exact) mass is 313 g/mol. The molecule has 5 nitrogen and oxygen atoms in total. The number of aryl methyl sites for hydroxylation is 1. The van der Waals surface area contributed by atoms with Crippen LogP contribution in [0.5, 0.6) is 0 Å². The maximum absolute atomic E-state index is 12.3.